The van der Waals surface area contributed by atoms with Crippen molar-refractivity contribution in [3.8, 4) is 23.0 Å². The van der Waals surface area contributed by atoms with Crippen LogP contribution in [0.1, 0.15) is 29.2 Å². The Morgan fingerprint density at radius 2 is 0.719 bits per heavy atom. The Bertz CT molecular complexity index is 1150. The number of rotatable bonds is 5. The van der Waals surface area contributed by atoms with Crippen LogP contribution in [0.2, 0.25) is 0 Å². The van der Waals surface area contributed by atoms with Crippen LogP contribution in [0.15, 0.2) is 97.1 Å². The first kappa shape index (κ1) is 21.6. The zero-order valence-electron chi connectivity index (χ0n) is 17.4. The molecule has 4 aromatic carbocycles. The summed E-state index contributed by atoms with van der Waals surface area (Å²) in [4.78, 5) is -1.48. The van der Waals surface area contributed by atoms with Crippen molar-refractivity contribution in [1.29, 1.82) is 0 Å². The summed E-state index contributed by atoms with van der Waals surface area (Å²) in [6, 6.07) is 26.7. The van der Waals surface area contributed by atoms with E-state index in [4.69, 9.17) is 11.6 Å². The maximum absolute atomic E-state index is 11.0. The molecule has 0 aliphatic rings. The molecule has 4 N–H and O–H groups in total. The monoisotopic (exact) mass is 446 g/mol. The molecule has 4 aromatic rings. The molecular weight excluding hydrogens is 424 g/mol. The fourth-order valence-electron chi connectivity index (χ4n) is 4.64. The van der Waals surface area contributed by atoms with Crippen LogP contribution in [0.4, 0.5) is 0 Å². The smallest absolute Gasteiger partial charge is 0.120 e. The Morgan fingerprint density at radius 1 is 0.469 bits per heavy atom. The van der Waals surface area contributed by atoms with Gasteiger partial charge in [-0.1, -0.05) is 72.8 Å². The number of alkyl halides is 1. The van der Waals surface area contributed by atoms with Gasteiger partial charge in [0.25, 0.3) is 0 Å². The van der Waals surface area contributed by atoms with Crippen molar-refractivity contribution in [1.82, 2.24) is 0 Å². The number of benzene rings is 4. The van der Waals surface area contributed by atoms with Gasteiger partial charge < -0.3 is 20.4 Å². The second kappa shape index (κ2) is 8.13. The van der Waals surface area contributed by atoms with Gasteiger partial charge in [0.05, 0.1) is 10.3 Å². The van der Waals surface area contributed by atoms with E-state index in [1.165, 1.54) is 24.3 Å². The molecule has 0 radical (unpaired) electrons. The third-order valence-corrected chi connectivity index (χ3v) is 6.53. The molecule has 0 bridgehead atoms. The molecule has 5 heteroatoms. The third-order valence-electron chi connectivity index (χ3n) is 6.04. The van der Waals surface area contributed by atoms with Crippen molar-refractivity contribution in [2.45, 2.75) is 17.2 Å². The number of para-hydroxylation sites is 4. The summed E-state index contributed by atoms with van der Waals surface area (Å²) in [7, 11) is 0. The SMILES string of the molecule is CC(Cl)(c1ccccc1O)C(c1ccccc1O)(c1ccccc1O)c1ccccc1O. The standard InChI is InChI=1S/C27H23ClO4/c1-26(28,18-10-2-6-14-22(18)29)27(19-11-3-7-15-23(19)30,20-12-4-8-16-24(20)31)21-13-5-9-17-25(21)32/h2-17,29-32H,1H3. The minimum atomic E-state index is -1.50. The van der Waals surface area contributed by atoms with Crippen LogP contribution in [0.25, 0.3) is 0 Å². The average molecular weight is 447 g/mol. The van der Waals surface area contributed by atoms with Crippen LogP contribution in [-0.2, 0) is 10.3 Å². The molecule has 4 rings (SSSR count). The zero-order chi connectivity index (χ0) is 22.9. The van der Waals surface area contributed by atoms with Gasteiger partial charge in [0.15, 0.2) is 0 Å². The van der Waals surface area contributed by atoms with Gasteiger partial charge in [-0.3, -0.25) is 0 Å². The highest BCUT2D eigenvalue weighted by atomic mass is 35.5. The Hall–Kier alpha value is -3.63. The van der Waals surface area contributed by atoms with E-state index >= 15 is 0 Å². The predicted molar refractivity (Wildman–Crippen MR) is 126 cm³/mol. The quantitative estimate of drug-likeness (QED) is 0.224. The molecule has 0 aliphatic carbocycles. The van der Waals surface area contributed by atoms with Gasteiger partial charge in [0, 0.05) is 22.3 Å². The van der Waals surface area contributed by atoms with Crippen molar-refractivity contribution >= 4 is 11.6 Å². The Balaban J connectivity index is 2.27. The zero-order valence-corrected chi connectivity index (χ0v) is 18.2. The molecule has 162 valence electrons. The van der Waals surface area contributed by atoms with E-state index in [1.54, 1.807) is 79.7 Å². The van der Waals surface area contributed by atoms with Crippen LogP contribution in [0, 0.1) is 0 Å². The molecule has 4 nitrogen and oxygen atoms in total. The highest BCUT2D eigenvalue weighted by Gasteiger charge is 2.56. The molecule has 1 unspecified atom stereocenters. The lowest BCUT2D eigenvalue weighted by Crippen LogP contribution is -2.46. The molecule has 0 fully saturated rings. The molecule has 0 spiro atoms. The summed E-state index contributed by atoms with van der Waals surface area (Å²) in [6.07, 6.45) is 0. The number of hydrogen-bond donors (Lipinski definition) is 4. The fourth-order valence-corrected chi connectivity index (χ4v) is 5.10. The summed E-state index contributed by atoms with van der Waals surface area (Å²) in [6.45, 7) is 1.70. The maximum atomic E-state index is 11.0. The molecule has 0 saturated carbocycles. The molecule has 0 saturated heterocycles. The lowest BCUT2D eigenvalue weighted by molar-refractivity contribution is 0.365. The topological polar surface area (TPSA) is 80.9 Å². The number of hydrogen-bond acceptors (Lipinski definition) is 4. The molecule has 0 amide bonds. The lowest BCUT2D eigenvalue weighted by atomic mass is 9.59. The summed E-state index contributed by atoms with van der Waals surface area (Å²) in [5.74, 6) is -0.250. The van der Waals surface area contributed by atoms with Gasteiger partial charge in [-0.2, -0.15) is 0 Å². The van der Waals surface area contributed by atoms with Crippen LogP contribution >= 0.6 is 11.6 Å². The Labute approximate surface area is 191 Å². The van der Waals surface area contributed by atoms with Gasteiger partial charge in [0.2, 0.25) is 0 Å². The predicted octanol–water partition coefficient (Wildman–Crippen LogP) is 6.00. The van der Waals surface area contributed by atoms with Crippen LogP contribution in [0.3, 0.4) is 0 Å². The minimum Gasteiger partial charge on any atom is -0.508 e. The van der Waals surface area contributed by atoms with E-state index in [0.29, 0.717) is 22.3 Å². The van der Waals surface area contributed by atoms with Crippen molar-refractivity contribution in [3.63, 3.8) is 0 Å². The van der Waals surface area contributed by atoms with Gasteiger partial charge in [-0.25, -0.2) is 0 Å². The molecule has 0 heterocycles. The van der Waals surface area contributed by atoms with Gasteiger partial charge >= 0.3 is 0 Å². The summed E-state index contributed by atoms with van der Waals surface area (Å²) in [5.41, 5.74) is -0.0391. The van der Waals surface area contributed by atoms with Gasteiger partial charge in [0.1, 0.15) is 23.0 Å². The van der Waals surface area contributed by atoms with E-state index in [0.717, 1.165) is 0 Å². The van der Waals surface area contributed by atoms with Gasteiger partial charge in [-0.15, -0.1) is 11.6 Å². The van der Waals surface area contributed by atoms with Crippen LogP contribution in [-0.4, -0.2) is 20.4 Å². The Morgan fingerprint density at radius 3 is 1.00 bits per heavy atom. The highest BCUT2D eigenvalue weighted by molar-refractivity contribution is 6.26. The van der Waals surface area contributed by atoms with E-state index in [-0.39, 0.29) is 23.0 Å². The van der Waals surface area contributed by atoms with E-state index < -0.39 is 10.3 Å². The lowest BCUT2D eigenvalue weighted by Gasteiger charge is -2.47. The first-order chi connectivity index (χ1) is 15.3. The first-order valence-corrected chi connectivity index (χ1v) is 10.5. The normalized spacial score (nSPS) is 13.4. The second-order valence-corrected chi connectivity index (χ2v) is 8.58. The van der Waals surface area contributed by atoms with Crippen molar-refractivity contribution < 1.29 is 20.4 Å². The van der Waals surface area contributed by atoms with E-state index in [9.17, 15) is 20.4 Å². The third kappa shape index (κ3) is 3.15. The first-order valence-electron chi connectivity index (χ1n) is 10.1. The van der Waals surface area contributed by atoms with E-state index in [1.807, 2.05) is 0 Å². The number of phenolic OH excluding ortho intramolecular Hbond substituents is 4. The maximum Gasteiger partial charge on any atom is 0.120 e. The average Bonchev–Trinajstić information content (AvgIpc) is 2.77. The van der Waals surface area contributed by atoms with Crippen LogP contribution in [0.5, 0.6) is 23.0 Å². The number of aromatic hydroxyl groups is 4. The van der Waals surface area contributed by atoms with Crippen molar-refractivity contribution in [3.05, 3.63) is 119 Å². The minimum absolute atomic E-state index is 0.0457. The van der Waals surface area contributed by atoms with Crippen molar-refractivity contribution in [2.75, 3.05) is 0 Å². The van der Waals surface area contributed by atoms with E-state index in [2.05, 4.69) is 0 Å². The highest BCUT2D eigenvalue weighted by Crippen LogP contribution is 2.61. The van der Waals surface area contributed by atoms with Crippen LogP contribution < -0.4 is 0 Å². The summed E-state index contributed by atoms with van der Waals surface area (Å²) >= 11 is 7.42. The van der Waals surface area contributed by atoms with Gasteiger partial charge in [-0.05, 0) is 31.2 Å². The molecule has 1 atom stereocenters. The Kier molecular flexibility index (Phi) is 5.49. The number of phenols is 4. The molecule has 0 aliphatic heterocycles. The molecular formula is C27H23ClO4. The molecule has 32 heavy (non-hydrogen) atoms. The summed E-state index contributed by atoms with van der Waals surface area (Å²) < 4.78 is 0. The fraction of sp³-hybridized carbons (Fsp3) is 0.111. The molecule has 0 aromatic heterocycles. The largest absolute Gasteiger partial charge is 0.508 e. The number of halogens is 1. The second-order valence-electron chi connectivity index (χ2n) is 7.82. The van der Waals surface area contributed by atoms with Crippen molar-refractivity contribution in [2.24, 2.45) is 0 Å². The summed E-state index contributed by atoms with van der Waals surface area (Å²) in [5, 5.41) is 43.9.